The number of amides is 1. The number of aromatic nitrogens is 2. The van der Waals surface area contributed by atoms with Crippen molar-refractivity contribution >= 4 is 29.1 Å². The Balaban J connectivity index is 1.68. The molecule has 0 aliphatic carbocycles. The van der Waals surface area contributed by atoms with Crippen LogP contribution >= 0.6 is 11.6 Å². The van der Waals surface area contributed by atoms with Crippen molar-refractivity contribution < 1.29 is 9.53 Å². The highest BCUT2D eigenvalue weighted by Crippen LogP contribution is 2.24. The summed E-state index contributed by atoms with van der Waals surface area (Å²) in [6, 6.07) is 15.7. The molecule has 0 spiro atoms. The average Bonchev–Trinajstić information content (AvgIpc) is 2.56. The van der Waals surface area contributed by atoms with E-state index in [9.17, 15) is 4.79 Å². The normalized spacial score (nSPS) is 10.3. The lowest BCUT2D eigenvalue weighted by Gasteiger charge is -2.08. The molecule has 3 rings (SSSR count). The van der Waals surface area contributed by atoms with E-state index in [0.29, 0.717) is 17.0 Å². The van der Waals surface area contributed by atoms with Gasteiger partial charge in [-0.2, -0.15) is 4.98 Å². The Morgan fingerprint density at radius 3 is 2.56 bits per heavy atom. The molecule has 6 nitrogen and oxygen atoms in total. The second-order valence-corrected chi connectivity index (χ2v) is 5.72. The van der Waals surface area contributed by atoms with Crippen LogP contribution in [-0.2, 0) is 0 Å². The first-order valence-electron chi connectivity index (χ1n) is 7.45. The van der Waals surface area contributed by atoms with Crippen LogP contribution in [0.25, 0.3) is 0 Å². The van der Waals surface area contributed by atoms with E-state index in [0.717, 1.165) is 5.56 Å². The van der Waals surface area contributed by atoms with E-state index in [4.69, 9.17) is 22.1 Å². The Morgan fingerprint density at radius 1 is 1.12 bits per heavy atom. The maximum absolute atomic E-state index is 12.2. The highest BCUT2D eigenvalue weighted by atomic mass is 35.5. The number of nitrogens with one attached hydrogen (secondary N) is 1. The monoisotopic (exact) mass is 354 g/mol. The van der Waals surface area contributed by atoms with Gasteiger partial charge in [0.15, 0.2) is 0 Å². The van der Waals surface area contributed by atoms with E-state index in [1.807, 2.05) is 25.1 Å². The molecular formula is C18H15ClN4O2. The summed E-state index contributed by atoms with van der Waals surface area (Å²) in [4.78, 5) is 19.9. The van der Waals surface area contributed by atoms with Gasteiger partial charge < -0.3 is 15.8 Å². The van der Waals surface area contributed by atoms with Crippen molar-refractivity contribution in [1.82, 2.24) is 9.97 Å². The molecule has 126 valence electrons. The molecule has 0 aliphatic rings. The summed E-state index contributed by atoms with van der Waals surface area (Å²) >= 11 is 5.81. The number of halogens is 1. The van der Waals surface area contributed by atoms with Crippen LogP contribution in [0.2, 0.25) is 5.15 Å². The lowest BCUT2D eigenvalue weighted by Crippen LogP contribution is -2.11. The van der Waals surface area contributed by atoms with Crippen molar-refractivity contribution in [3.05, 3.63) is 70.9 Å². The number of ether oxygens (including phenoxy) is 1. The lowest BCUT2D eigenvalue weighted by atomic mass is 10.1. The molecule has 2 aromatic carbocycles. The van der Waals surface area contributed by atoms with Crippen LogP contribution in [0.1, 0.15) is 15.9 Å². The molecule has 1 amide bonds. The number of carbonyl (C=O) groups is 1. The quantitative estimate of drug-likeness (QED) is 0.689. The number of hydrogen-bond acceptors (Lipinski definition) is 5. The number of rotatable bonds is 4. The Morgan fingerprint density at radius 2 is 1.88 bits per heavy atom. The molecule has 1 heterocycles. The third-order valence-electron chi connectivity index (χ3n) is 3.30. The van der Waals surface area contributed by atoms with Crippen LogP contribution in [0.5, 0.6) is 11.6 Å². The zero-order valence-corrected chi connectivity index (χ0v) is 14.1. The molecule has 25 heavy (non-hydrogen) atoms. The second-order valence-electron chi connectivity index (χ2n) is 5.34. The van der Waals surface area contributed by atoms with Gasteiger partial charge in [-0.1, -0.05) is 29.3 Å². The molecular weight excluding hydrogens is 340 g/mol. The van der Waals surface area contributed by atoms with Gasteiger partial charge >= 0.3 is 0 Å². The van der Waals surface area contributed by atoms with Gasteiger partial charge in [-0.15, -0.1) is 0 Å². The van der Waals surface area contributed by atoms with Crippen LogP contribution in [0.4, 0.5) is 11.6 Å². The number of aryl methyl sites for hydroxylation is 1. The first-order valence-corrected chi connectivity index (χ1v) is 7.83. The number of benzene rings is 2. The highest BCUT2D eigenvalue weighted by molar-refractivity contribution is 6.29. The Hall–Kier alpha value is -3.12. The van der Waals surface area contributed by atoms with Crippen LogP contribution in [0, 0.1) is 6.92 Å². The first-order chi connectivity index (χ1) is 12.0. The Bertz CT molecular complexity index is 893. The summed E-state index contributed by atoms with van der Waals surface area (Å²) in [6.45, 7) is 1.94. The van der Waals surface area contributed by atoms with Gasteiger partial charge in [0.2, 0.25) is 11.8 Å². The fourth-order valence-electron chi connectivity index (χ4n) is 2.18. The summed E-state index contributed by atoms with van der Waals surface area (Å²) in [5.74, 6) is 0.633. The van der Waals surface area contributed by atoms with Crippen molar-refractivity contribution in [1.29, 1.82) is 0 Å². The SMILES string of the molecule is Cc1cccc(C(=O)Nc2ccc(Oc3cc(Cl)nc(N)n3)cc2)c1. The van der Waals surface area contributed by atoms with Crippen LogP contribution < -0.4 is 15.8 Å². The summed E-state index contributed by atoms with van der Waals surface area (Å²) in [5.41, 5.74) is 7.81. The molecule has 0 fully saturated rings. The summed E-state index contributed by atoms with van der Waals surface area (Å²) < 4.78 is 5.57. The molecule has 0 atom stereocenters. The van der Waals surface area contributed by atoms with E-state index in [-0.39, 0.29) is 22.9 Å². The molecule has 0 unspecified atom stereocenters. The number of hydrogen-bond donors (Lipinski definition) is 2. The third-order valence-corrected chi connectivity index (χ3v) is 3.50. The molecule has 0 aliphatic heterocycles. The van der Waals surface area contributed by atoms with Crippen LogP contribution in [-0.4, -0.2) is 15.9 Å². The fourth-order valence-corrected chi connectivity index (χ4v) is 2.36. The minimum absolute atomic E-state index is 0.0320. The fraction of sp³-hybridized carbons (Fsp3) is 0.0556. The van der Waals surface area contributed by atoms with Gasteiger partial charge in [0.05, 0.1) is 0 Å². The predicted molar refractivity (Wildman–Crippen MR) is 97.1 cm³/mol. The smallest absolute Gasteiger partial charge is 0.255 e. The maximum Gasteiger partial charge on any atom is 0.255 e. The van der Waals surface area contributed by atoms with Gasteiger partial charge in [-0.05, 0) is 43.3 Å². The number of nitrogens with zero attached hydrogens (tertiary/aromatic N) is 2. The number of carbonyl (C=O) groups excluding carboxylic acids is 1. The maximum atomic E-state index is 12.2. The molecule has 7 heteroatoms. The standard InChI is InChI=1S/C18H15ClN4O2/c1-11-3-2-4-12(9-11)17(24)21-13-5-7-14(8-6-13)25-16-10-15(19)22-18(20)23-16/h2-10H,1H3,(H,21,24)(H2,20,22,23). The lowest BCUT2D eigenvalue weighted by molar-refractivity contribution is 0.102. The zero-order chi connectivity index (χ0) is 17.8. The predicted octanol–water partition coefficient (Wildman–Crippen LogP) is 4.07. The highest BCUT2D eigenvalue weighted by Gasteiger charge is 2.07. The van der Waals surface area contributed by atoms with E-state index >= 15 is 0 Å². The van der Waals surface area contributed by atoms with Gasteiger partial charge in [0.1, 0.15) is 10.9 Å². The largest absolute Gasteiger partial charge is 0.439 e. The van der Waals surface area contributed by atoms with Gasteiger partial charge in [-0.25, -0.2) is 4.98 Å². The van der Waals surface area contributed by atoms with Crippen molar-refractivity contribution in [3.63, 3.8) is 0 Å². The number of nitrogens with two attached hydrogens (primary N) is 1. The van der Waals surface area contributed by atoms with E-state index in [1.165, 1.54) is 6.07 Å². The molecule has 0 saturated heterocycles. The molecule has 0 bridgehead atoms. The van der Waals surface area contributed by atoms with Crippen molar-refractivity contribution in [2.24, 2.45) is 0 Å². The molecule has 3 aromatic rings. The molecule has 3 N–H and O–H groups in total. The number of anilines is 2. The average molecular weight is 355 g/mol. The third kappa shape index (κ3) is 4.45. The van der Waals surface area contributed by atoms with E-state index in [1.54, 1.807) is 30.3 Å². The second kappa shape index (κ2) is 7.19. The minimum Gasteiger partial charge on any atom is -0.439 e. The van der Waals surface area contributed by atoms with Gasteiger partial charge in [0, 0.05) is 17.3 Å². The molecule has 0 radical (unpaired) electrons. The molecule has 1 aromatic heterocycles. The summed E-state index contributed by atoms with van der Waals surface area (Å²) in [7, 11) is 0. The Labute approximate surface area is 149 Å². The minimum atomic E-state index is -0.173. The van der Waals surface area contributed by atoms with Crippen molar-refractivity contribution in [2.75, 3.05) is 11.1 Å². The first kappa shape index (κ1) is 16.7. The van der Waals surface area contributed by atoms with Crippen LogP contribution in [0.15, 0.2) is 54.6 Å². The number of nitrogen functional groups attached to an aromatic ring is 1. The zero-order valence-electron chi connectivity index (χ0n) is 13.4. The van der Waals surface area contributed by atoms with E-state index in [2.05, 4.69) is 15.3 Å². The van der Waals surface area contributed by atoms with Crippen LogP contribution in [0.3, 0.4) is 0 Å². The van der Waals surface area contributed by atoms with Crippen molar-refractivity contribution in [2.45, 2.75) is 6.92 Å². The van der Waals surface area contributed by atoms with Gasteiger partial charge in [0.25, 0.3) is 5.91 Å². The Kier molecular flexibility index (Phi) is 4.81. The molecule has 0 saturated carbocycles. The van der Waals surface area contributed by atoms with Crippen molar-refractivity contribution in [3.8, 4) is 11.6 Å². The summed E-state index contributed by atoms with van der Waals surface area (Å²) in [5, 5.41) is 3.03. The van der Waals surface area contributed by atoms with Gasteiger partial charge in [-0.3, -0.25) is 4.79 Å². The van der Waals surface area contributed by atoms with E-state index < -0.39 is 0 Å². The topological polar surface area (TPSA) is 90.1 Å². The summed E-state index contributed by atoms with van der Waals surface area (Å²) in [6.07, 6.45) is 0.